The van der Waals surface area contributed by atoms with Gasteiger partial charge in [-0.1, -0.05) is 78.9 Å². The fourth-order valence-corrected chi connectivity index (χ4v) is 1.77. The maximum Gasteiger partial charge on any atom is 0.132 e. The Kier molecular flexibility index (Phi) is 5.68. The number of hydrogen-bond donors (Lipinski definition) is 1. The molecule has 106 valence electrons. The summed E-state index contributed by atoms with van der Waals surface area (Å²) < 4.78 is 13.7. The Bertz CT molecular complexity index is 627. The number of aliphatic hydroxyl groups excluding tert-OH is 1. The highest BCUT2D eigenvalue weighted by Crippen LogP contribution is 2.10. The first-order valence-corrected chi connectivity index (χ1v) is 6.76. The third-order valence-corrected chi connectivity index (χ3v) is 2.90. The second-order valence-electron chi connectivity index (χ2n) is 4.54. The normalized spacial score (nSPS) is 13.9. The number of benzene rings is 2. The van der Waals surface area contributed by atoms with Gasteiger partial charge >= 0.3 is 0 Å². The molecular weight excluding hydrogens is 263 g/mol. The molecule has 0 saturated heterocycles. The standard InChI is InChI=1S/C19H17FO/c20-18(13-7-12-16-8-3-1-4-9-16)19(21)15-14-17-10-5-2-6-11-17/h1-15,19,21H/b12-7+,15-14+,18-13-. The topological polar surface area (TPSA) is 20.2 Å². The number of halogens is 1. The Morgan fingerprint density at radius 1 is 0.857 bits per heavy atom. The lowest BCUT2D eigenvalue weighted by Crippen LogP contribution is -2.01. The molecule has 1 atom stereocenters. The van der Waals surface area contributed by atoms with E-state index in [1.54, 1.807) is 18.2 Å². The second kappa shape index (κ2) is 7.98. The molecular formula is C19H17FO. The maximum atomic E-state index is 13.7. The Morgan fingerprint density at radius 3 is 1.95 bits per heavy atom. The molecule has 21 heavy (non-hydrogen) atoms. The molecule has 2 aromatic rings. The first-order chi connectivity index (χ1) is 10.3. The number of hydrogen-bond acceptors (Lipinski definition) is 1. The van der Waals surface area contributed by atoms with Crippen molar-refractivity contribution in [3.63, 3.8) is 0 Å². The van der Waals surface area contributed by atoms with Gasteiger partial charge in [-0.2, -0.15) is 0 Å². The molecule has 0 fully saturated rings. The van der Waals surface area contributed by atoms with Gasteiger partial charge in [0.15, 0.2) is 0 Å². The Hall–Kier alpha value is -2.45. The van der Waals surface area contributed by atoms with Gasteiger partial charge in [-0.05, 0) is 23.3 Å². The van der Waals surface area contributed by atoms with Gasteiger partial charge in [0.25, 0.3) is 0 Å². The molecule has 0 aliphatic heterocycles. The molecule has 0 radical (unpaired) electrons. The van der Waals surface area contributed by atoms with Crippen molar-refractivity contribution in [2.75, 3.05) is 0 Å². The van der Waals surface area contributed by atoms with Crippen molar-refractivity contribution < 1.29 is 9.50 Å². The third kappa shape index (κ3) is 5.21. The molecule has 0 bridgehead atoms. The van der Waals surface area contributed by atoms with Crippen LogP contribution in [0.15, 0.2) is 84.7 Å². The summed E-state index contributed by atoms with van der Waals surface area (Å²) in [6.07, 6.45) is 6.53. The highest BCUT2D eigenvalue weighted by atomic mass is 19.1. The summed E-state index contributed by atoms with van der Waals surface area (Å²) in [5.74, 6) is -0.589. The Morgan fingerprint density at radius 2 is 1.38 bits per heavy atom. The summed E-state index contributed by atoms with van der Waals surface area (Å²) in [5, 5.41) is 9.71. The molecule has 1 N–H and O–H groups in total. The molecule has 0 heterocycles. The molecule has 0 spiro atoms. The first-order valence-electron chi connectivity index (χ1n) is 6.76. The minimum absolute atomic E-state index is 0.589. The van der Waals surface area contributed by atoms with E-state index in [0.29, 0.717) is 0 Å². The van der Waals surface area contributed by atoms with Gasteiger partial charge in [0.2, 0.25) is 0 Å². The van der Waals surface area contributed by atoms with Crippen LogP contribution in [0.3, 0.4) is 0 Å². The van der Waals surface area contributed by atoms with Gasteiger partial charge in [-0.15, -0.1) is 0 Å². The van der Waals surface area contributed by atoms with Crippen LogP contribution >= 0.6 is 0 Å². The zero-order valence-electron chi connectivity index (χ0n) is 11.6. The summed E-state index contributed by atoms with van der Waals surface area (Å²) in [7, 11) is 0. The van der Waals surface area contributed by atoms with Crippen molar-refractivity contribution >= 4 is 12.2 Å². The van der Waals surface area contributed by atoms with Crippen LogP contribution in [0.4, 0.5) is 4.39 Å². The van der Waals surface area contributed by atoms with E-state index >= 15 is 0 Å². The lowest BCUT2D eigenvalue weighted by atomic mass is 10.1. The van der Waals surface area contributed by atoms with E-state index in [0.717, 1.165) is 11.1 Å². The van der Waals surface area contributed by atoms with Crippen LogP contribution in [0, 0.1) is 0 Å². The average Bonchev–Trinajstić information content (AvgIpc) is 2.54. The highest BCUT2D eigenvalue weighted by molar-refractivity contribution is 5.52. The zero-order chi connectivity index (χ0) is 14.9. The van der Waals surface area contributed by atoms with Crippen LogP contribution in [-0.2, 0) is 0 Å². The fourth-order valence-electron chi connectivity index (χ4n) is 1.77. The van der Waals surface area contributed by atoms with Crippen molar-refractivity contribution in [1.29, 1.82) is 0 Å². The van der Waals surface area contributed by atoms with Gasteiger partial charge < -0.3 is 5.11 Å². The SMILES string of the molecule is OC(/C=C/c1ccccc1)/C(F)=C/C=C/c1ccccc1. The van der Waals surface area contributed by atoms with Crippen molar-refractivity contribution in [1.82, 2.24) is 0 Å². The van der Waals surface area contributed by atoms with E-state index in [9.17, 15) is 9.50 Å². The molecule has 2 aromatic carbocycles. The number of rotatable bonds is 5. The molecule has 1 unspecified atom stereocenters. The van der Waals surface area contributed by atoms with Crippen molar-refractivity contribution in [3.05, 3.63) is 95.8 Å². The van der Waals surface area contributed by atoms with Crippen LogP contribution in [0.5, 0.6) is 0 Å². The van der Waals surface area contributed by atoms with Crippen LogP contribution in [0.1, 0.15) is 11.1 Å². The quantitative estimate of drug-likeness (QED) is 0.792. The van der Waals surface area contributed by atoms with E-state index in [-0.39, 0.29) is 0 Å². The van der Waals surface area contributed by atoms with Gasteiger partial charge in [0.05, 0.1) is 0 Å². The molecule has 0 aliphatic rings. The lowest BCUT2D eigenvalue weighted by Gasteiger charge is -2.01. The molecule has 0 saturated carbocycles. The van der Waals surface area contributed by atoms with Crippen LogP contribution < -0.4 is 0 Å². The monoisotopic (exact) mass is 280 g/mol. The molecule has 1 nitrogen and oxygen atoms in total. The first kappa shape index (κ1) is 14.9. The average molecular weight is 280 g/mol. The third-order valence-electron chi connectivity index (χ3n) is 2.90. The van der Waals surface area contributed by atoms with Crippen LogP contribution in [0.2, 0.25) is 0 Å². The molecule has 0 aliphatic carbocycles. The number of aliphatic hydroxyl groups is 1. The van der Waals surface area contributed by atoms with Crippen molar-refractivity contribution in [3.8, 4) is 0 Å². The largest absolute Gasteiger partial charge is 0.382 e. The summed E-state index contributed by atoms with van der Waals surface area (Å²) in [6, 6.07) is 19.1. The molecule has 0 aromatic heterocycles. The van der Waals surface area contributed by atoms with Crippen molar-refractivity contribution in [2.45, 2.75) is 6.10 Å². The molecule has 2 rings (SSSR count). The van der Waals surface area contributed by atoms with Crippen LogP contribution in [0.25, 0.3) is 12.2 Å². The summed E-state index contributed by atoms with van der Waals surface area (Å²) in [6.45, 7) is 0. The van der Waals surface area contributed by atoms with Crippen LogP contribution in [-0.4, -0.2) is 11.2 Å². The summed E-state index contributed by atoms with van der Waals surface area (Å²) >= 11 is 0. The van der Waals surface area contributed by atoms with Gasteiger partial charge in [-0.3, -0.25) is 0 Å². The second-order valence-corrected chi connectivity index (χ2v) is 4.54. The van der Waals surface area contributed by atoms with E-state index in [2.05, 4.69) is 0 Å². The highest BCUT2D eigenvalue weighted by Gasteiger charge is 2.04. The van der Waals surface area contributed by atoms with Gasteiger partial charge in [0, 0.05) is 0 Å². The van der Waals surface area contributed by atoms with E-state index < -0.39 is 11.9 Å². The van der Waals surface area contributed by atoms with Gasteiger partial charge in [0.1, 0.15) is 11.9 Å². The molecule has 0 amide bonds. The van der Waals surface area contributed by atoms with Crippen molar-refractivity contribution in [2.24, 2.45) is 0 Å². The molecule has 2 heteroatoms. The predicted octanol–water partition coefficient (Wildman–Crippen LogP) is 4.63. The Balaban J connectivity index is 1.95. The zero-order valence-corrected chi connectivity index (χ0v) is 11.6. The minimum Gasteiger partial charge on any atom is -0.382 e. The number of allylic oxidation sites excluding steroid dienone is 2. The Labute approximate surface area is 124 Å². The predicted molar refractivity (Wildman–Crippen MR) is 86.1 cm³/mol. The van der Waals surface area contributed by atoms with E-state index in [1.165, 1.54) is 12.2 Å². The summed E-state index contributed by atoms with van der Waals surface area (Å²) in [4.78, 5) is 0. The smallest absolute Gasteiger partial charge is 0.132 e. The fraction of sp³-hybridized carbons (Fsp3) is 0.0526. The van der Waals surface area contributed by atoms with E-state index in [4.69, 9.17) is 0 Å². The van der Waals surface area contributed by atoms with E-state index in [1.807, 2.05) is 60.7 Å². The maximum absolute atomic E-state index is 13.7. The summed E-state index contributed by atoms with van der Waals surface area (Å²) in [5.41, 5.74) is 1.90. The van der Waals surface area contributed by atoms with Gasteiger partial charge in [-0.25, -0.2) is 4.39 Å². The lowest BCUT2D eigenvalue weighted by molar-refractivity contribution is 0.229. The minimum atomic E-state index is -1.23.